The van der Waals surface area contributed by atoms with Crippen LogP contribution in [0.5, 0.6) is 0 Å². The molecule has 0 amide bonds. The van der Waals surface area contributed by atoms with E-state index in [2.05, 4.69) is 6.92 Å². The molecule has 0 aliphatic heterocycles. The number of rotatable bonds is 2. The van der Waals surface area contributed by atoms with Crippen molar-refractivity contribution in [3.05, 3.63) is 24.2 Å². The summed E-state index contributed by atoms with van der Waals surface area (Å²) in [4.78, 5) is 0. The van der Waals surface area contributed by atoms with Crippen molar-refractivity contribution in [2.75, 3.05) is 0 Å². The summed E-state index contributed by atoms with van der Waals surface area (Å²) in [6.45, 7) is 2.18. The van der Waals surface area contributed by atoms with Crippen LogP contribution in [-0.2, 0) is 5.60 Å². The number of hydrogen-bond donors (Lipinski definition) is 1. The van der Waals surface area contributed by atoms with Crippen LogP contribution in [0.3, 0.4) is 0 Å². The van der Waals surface area contributed by atoms with Crippen molar-refractivity contribution in [1.29, 1.82) is 0 Å². The largest absolute Gasteiger partial charge is 0.466 e. The lowest BCUT2D eigenvalue weighted by Crippen LogP contribution is -2.20. The van der Waals surface area contributed by atoms with Gasteiger partial charge in [0.1, 0.15) is 11.4 Å². The van der Waals surface area contributed by atoms with Crippen LogP contribution in [0.25, 0.3) is 0 Å². The second-order valence-electron chi connectivity index (χ2n) is 4.03. The van der Waals surface area contributed by atoms with Gasteiger partial charge >= 0.3 is 0 Å². The average molecular weight is 180 g/mol. The summed E-state index contributed by atoms with van der Waals surface area (Å²) in [5.74, 6) is 1.40. The zero-order valence-corrected chi connectivity index (χ0v) is 7.99. The molecule has 2 rings (SSSR count). The minimum absolute atomic E-state index is 0.662. The third kappa shape index (κ3) is 1.51. The van der Waals surface area contributed by atoms with Crippen molar-refractivity contribution >= 4 is 0 Å². The van der Waals surface area contributed by atoms with Crippen molar-refractivity contribution in [2.24, 2.45) is 5.92 Å². The fourth-order valence-electron chi connectivity index (χ4n) is 2.24. The monoisotopic (exact) mass is 180 g/mol. The lowest BCUT2D eigenvalue weighted by Gasteiger charge is -2.19. The maximum absolute atomic E-state index is 10.3. The highest BCUT2D eigenvalue weighted by molar-refractivity contribution is 5.11. The van der Waals surface area contributed by atoms with E-state index >= 15 is 0 Å². The molecule has 0 radical (unpaired) electrons. The molecule has 13 heavy (non-hydrogen) atoms. The third-order valence-electron chi connectivity index (χ3n) is 3.15. The van der Waals surface area contributed by atoms with Gasteiger partial charge in [0.25, 0.3) is 0 Å². The van der Waals surface area contributed by atoms with Gasteiger partial charge in [0.15, 0.2) is 0 Å². The second kappa shape index (κ2) is 3.18. The Morgan fingerprint density at radius 2 is 2.54 bits per heavy atom. The van der Waals surface area contributed by atoms with Crippen molar-refractivity contribution in [2.45, 2.75) is 38.2 Å². The van der Waals surface area contributed by atoms with E-state index in [1.54, 1.807) is 6.26 Å². The van der Waals surface area contributed by atoms with Gasteiger partial charge in [0.2, 0.25) is 0 Å². The van der Waals surface area contributed by atoms with E-state index in [-0.39, 0.29) is 0 Å². The molecule has 2 unspecified atom stereocenters. The first-order valence-corrected chi connectivity index (χ1v) is 5.01. The first kappa shape index (κ1) is 8.82. The van der Waals surface area contributed by atoms with Crippen LogP contribution in [0.15, 0.2) is 22.8 Å². The molecular formula is C11H16O2. The SMILES string of the molecule is CCC1CCC(O)(c2ccco2)C1. The molecule has 1 aromatic heterocycles. The molecule has 1 N–H and O–H groups in total. The highest BCUT2D eigenvalue weighted by Crippen LogP contribution is 2.43. The van der Waals surface area contributed by atoms with Gasteiger partial charge in [-0.2, -0.15) is 0 Å². The van der Waals surface area contributed by atoms with Crippen LogP contribution in [0, 0.1) is 5.92 Å². The molecular weight excluding hydrogens is 164 g/mol. The highest BCUT2D eigenvalue weighted by Gasteiger charge is 2.39. The topological polar surface area (TPSA) is 33.4 Å². The first-order valence-electron chi connectivity index (χ1n) is 5.01. The number of furan rings is 1. The molecule has 2 atom stereocenters. The lowest BCUT2D eigenvalue weighted by atomic mass is 9.96. The van der Waals surface area contributed by atoms with Gasteiger partial charge in [-0.1, -0.05) is 13.3 Å². The number of aliphatic hydroxyl groups is 1. The van der Waals surface area contributed by atoms with E-state index in [9.17, 15) is 5.11 Å². The summed E-state index contributed by atoms with van der Waals surface area (Å²) in [6, 6.07) is 3.71. The molecule has 0 saturated heterocycles. The summed E-state index contributed by atoms with van der Waals surface area (Å²) in [7, 11) is 0. The van der Waals surface area contributed by atoms with Crippen molar-refractivity contribution in [3.8, 4) is 0 Å². The average Bonchev–Trinajstić information content (AvgIpc) is 2.72. The molecule has 1 aliphatic carbocycles. The standard InChI is InChI=1S/C11H16O2/c1-2-9-5-6-11(12,8-9)10-4-3-7-13-10/h3-4,7,9,12H,2,5-6,8H2,1H3. The van der Waals surface area contributed by atoms with Crippen molar-refractivity contribution in [3.63, 3.8) is 0 Å². The van der Waals surface area contributed by atoms with E-state index < -0.39 is 5.60 Å². The maximum Gasteiger partial charge on any atom is 0.135 e. The third-order valence-corrected chi connectivity index (χ3v) is 3.15. The Morgan fingerprint density at radius 1 is 1.69 bits per heavy atom. The fraction of sp³-hybridized carbons (Fsp3) is 0.636. The van der Waals surface area contributed by atoms with Gasteiger partial charge in [-0.15, -0.1) is 0 Å². The molecule has 1 fully saturated rings. The van der Waals surface area contributed by atoms with Gasteiger partial charge in [-0.05, 0) is 37.3 Å². The summed E-state index contributed by atoms with van der Waals surface area (Å²) in [5, 5.41) is 10.3. The van der Waals surface area contributed by atoms with Crippen molar-refractivity contribution < 1.29 is 9.52 Å². The Morgan fingerprint density at radius 3 is 3.08 bits per heavy atom. The van der Waals surface area contributed by atoms with E-state index in [0.29, 0.717) is 5.92 Å². The molecule has 2 nitrogen and oxygen atoms in total. The quantitative estimate of drug-likeness (QED) is 0.759. The van der Waals surface area contributed by atoms with Gasteiger partial charge < -0.3 is 9.52 Å². The zero-order valence-electron chi connectivity index (χ0n) is 7.99. The van der Waals surface area contributed by atoms with Crippen LogP contribution in [-0.4, -0.2) is 5.11 Å². The van der Waals surface area contributed by atoms with E-state index in [0.717, 1.165) is 31.4 Å². The minimum atomic E-state index is -0.676. The van der Waals surface area contributed by atoms with E-state index in [4.69, 9.17) is 4.42 Å². The highest BCUT2D eigenvalue weighted by atomic mass is 16.4. The molecule has 2 heteroatoms. The van der Waals surface area contributed by atoms with Crippen LogP contribution in [0.2, 0.25) is 0 Å². The molecule has 0 spiro atoms. The molecule has 0 aromatic carbocycles. The predicted octanol–water partition coefficient (Wildman–Crippen LogP) is 2.68. The Balaban J connectivity index is 2.15. The predicted molar refractivity (Wildman–Crippen MR) is 50.2 cm³/mol. The Labute approximate surface area is 78.6 Å². The Bertz CT molecular complexity index is 266. The number of hydrogen-bond acceptors (Lipinski definition) is 2. The summed E-state index contributed by atoms with van der Waals surface area (Å²) in [5.41, 5.74) is -0.676. The summed E-state index contributed by atoms with van der Waals surface area (Å²) < 4.78 is 5.26. The van der Waals surface area contributed by atoms with Crippen LogP contribution >= 0.6 is 0 Å². The van der Waals surface area contributed by atoms with Crippen LogP contribution in [0.4, 0.5) is 0 Å². The summed E-state index contributed by atoms with van der Waals surface area (Å²) >= 11 is 0. The molecule has 1 aliphatic rings. The molecule has 1 aromatic rings. The molecule has 1 heterocycles. The fourth-order valence-corrected chi connectivity index (χ4v) is 2.24. The van der Waals surface area contributed by atoms with Gasteiger partial charge in [0, 0.05) is 0 Å². The van der Waals surface area contributed by atoms with Crippen LogP contribution in [0.1, 0.15) is 38.4 Å². The summed E-state index contributed by atoms with van der Waals surface area (Å²) in [6.07, 6.45) is 5.61. The molecule has 72 valence electrons. The maximum atomic E-state index is 10.3. The van der Waals surface area contributed by atoms with Gasteiger partial charge in [0.05, 0.1) is 6.26 Å². The lowest BCUT2D eigenvalue weighted by molar-refractivity contribution is 0.0177. The van der Waals surface area contributed by atoms with Crippen molar-refractivity contribution in [1.82, 2.24) is 0 Å². The molecule has 1 saturated carbocycles. The van der Waals surface area contributed by atoms with E-state index in [1.165, 1.54) is 0 Å². The van der Waals surface area contributed by atoms with Gasteiger partial charge in [-0.3, -0.25) is 0 Å². The van der Waals surface area contributed by atoms with E-state index in [1.807, 2.05) is 12.1 Å². The minimum Gasteiger partial charge on any atom is -0.466 e. The normalized spacial score (nSPS) is 33.8. The smallest absolute Gasteiger partial charge is 0.135 e. The Hall–Kier alpha value is -0.760. The zero-order chi connectivity index (χ0) is 9.31. The van der Waals surface area contributed by atoms with Crippen LogP contribution < -0.4 is 0 Å². The second-order valence-corrected chi connectivity index (χ2v) is 4.03. The molecule has 0 bridgehead atoms. The Kier molecular flexibility index (Phi) is 2.16. The van der Waals surface area contributed by atoms with Gasteiger partial charge in [-0.25, -0.2) is 0 Å². The first-order chi connectivity index (χ1) is 6.24.